The van der Waals surface area contributed by atoms with Crippen LogP contribution in [-0.4, -0.2) is 28.3 Å². The van der Waals surface area contributed by atoms with Gasteiger partial charge >= 0.3 is 0 Å². The molecule has 0 unspecified atom stereocenters. The van der Waals surface area contributed by atoms with Gasteiger partial charge in [-0.15, -0.1) is 0 Å². The van der Waals surface area contributed by atoms with Crippen molar-refractivity contribution >= 4 is 28.9 Å². The lowest BCUT2D eigenvalue weighted by Gasteiger charge is -2.10. The van der Waals surface area contributed by atoms with Crippen LogP contribution in [0.15, 0.2) is 78.9 Å². The van der Waals surface area contributed by atoms with Crippen LogP contribution in [0.4, 0.5) is 23.0 Å². The maximum absolute atomic E-state index is 12.5. The van der Waals surface area contributed by atoms with Gasteiger partial charge in [-0.3, -0.25) is 9.89 Å². The van der Waals surface area contributed by atoms with E-state index in [1.807, 2.05) is 48.5 Å². The molecular formula is C24H23N5O3. The highest BCUT2D eigenvalue weighted by molar-refractivity contribution is 6.06. The van der Waals surface area contributed by atoms with Gasteiger partial charge in [0.25, 0.3) is 5.91 Å². The molecule has 0 bridgehead atoms. The molecule has 162 valence electrons. The molecule has 1 heterocycles. The third-order valence-corrected chi connectivity index (χ3v) is 4.76. The predicted octanol–water partition coefficient (Wildman–Crippen LogP) is 4.73. The van der Waals surface area contributed by atoms with Crippen LogP contribution in [0.1, 0.15) is 15.9 Å². The second kappa shape index (κ2) is 9.57. The quantitative estimate of drug-likeness (QED) is 0.277. The number of methoxy groups -OCH3 is 1. The Labute approximate surface area is 185 Å². The van der Waals surface area contributed by atoms with Gasteiger partial charge in [0.1, 0.15) is 23.1 Å². The van der Waals surface area contributed by atoms with Gasteiger partial charge in [-0.25, -0.2) is 0 Å². The van der Waals surface area contributed by atoms with E-state index in [0.29, 0.717) is 29.4 Å². The number of phenols is 1. The predicted molar refractivity (Wildman–Crippen MR) is 125 cm³/mol. The van der Waals surface area contributed by atoms with E-state index in [2.05, 4.69) is 26.1 Å². The molecule has 4 aromatic rings. The van der Waals surface area contributed by atoms with E-state index < -0.39 is 0 Å². The highest BCUT2D eigenvalue weighted by Gasteiger charge is 2.11. The Morgan fingerprint density at radius 2 is 1.72 bits per heavy atom. The van der Waals surface area contributed by atoms with Gasteiger partial charge in [-0.1, -0.05) is 24.3 Å². The Bertz CT molecular complexity index is 1190. The van der Waals surface area contributed by atoms with Gasteiger partial charge in [0.2, 0.25) is 0 Å². The Morgan fingerprint density at radius 3 is 2.47 bits per heavy atom. The van der Waals surface area contributed by atoms with Crippen LogP contribution in [0.25, 0.3) is 0 Å². The standard InChI is InChI=1S/C24H23N5O3/c1-32-21-5-3-2-4-20(21)24(31)27-18-10-8-17(9-11-18)26-23-14-22(28-29-23)25-15-16-6-12-19(30)13-7-16/h2-14,30H,15H2,1H3,(H,27,31)(H3,25,26,28,29). The molecule has 0 atom stereocenters. The summed E-state index contributed by atoms with van der Waals surface area (Å²) < 4.78 is 5.24. The highest BCUT2D eigenvalue weighted by atomic mass is 16.5. The highest BCUT2D eigenvalue weighted by Crippen LogP contribution is 2.22. The van der Waals surface area contributed by atoms with Crippen LogP contribution in [0.3, 0.4) is 0 Å². The first-order valence-electron chi connectivity index (χ1n) is 9.99. The van der Waals surface area contributed by atoms with E-state index in [0.717, 1.165) is 17.1 Å². The van der Waals surface area contributed by atoms with E-state index in [-0.39, 0.29) is 11.7 Å². The number of nitrogens with one attached hydrogen (secondary N) is 4. The Kier molecular flexibility index (Phi) is 6.22. The summed E-state index contributed by atoms with van der Waals surface area (Å²) in [6, 6.07) is 23.3. The number of para-hydroxylation sites is 1. The lowest BCUT2D eigenvalue weighted by Crippen LogP contribution is -2.13. The molecule has 8 heteroatoms. The number of carbonyl (C=O) groups is 1. The monoisotopic (exact) mass is 429 g/mol. The first kappa shape index (κ1) is 20.8. The van der Waals surface area contributed by atoms with Crippen molar-refractivity contribution in [1.82, 2.24) is 10.2 Å². The maximum atomic E-state index is 12.5. The minimum absolute atomic E-state index is 0.235. The number of aromatic nitrogens is 2. The fourth-order valence-corrected chi connectivity index (χ4v) is 3.11. The van der Waals surface area contributed by atoms with Crippen molar-refractivity contribution in [2.45, 2.75) is 6.54 Å². The molecule has 5 N–H and O–H groups in total. The third-order valence-electron chi connectivity index (χ3n) is 4.76. The summed E-state index contributed by atoms with van der Waals surface area (Å²) in [6.07, 6.45) is 0. The van der Waals surface area contributed by atoms with Gasteiger partial charge in [-0.05, 0) is 54.1 Å². The topological polar surface area (TPSA) is 111 Å². The molecule has 1 amide bonds. The van der Waals surface area contributed by atoms with Crippen LogP contribution in [-0.2, 0) is 6.54 Å². The second-order valence-corrected chi connectivity index (χ2v) is 7.04. The minimum Gasteiger partial charge on any atom is -0.508 e. The van der Waals surface area contributed by atoms with Gasteiger partial charge in [0.05, 0.1) is 12.7 Å². The third kappa shape index (κ3) is 5.17. The Balaban J connectivity index is 1.33. The first-order chi connectivity index (χ1) is 15.6. The van der Waals surface area contributed by atoms with Crippen molar-refractivity contribution in [2.75, 3.05) is 23.1 Å². The van der Waals surface area contributed by atoms with Gasteiger partial charge in [-0.2, -0.15) is 5.10 Å². The number of aromatic hydroxyl groups is 1. The molecule has 32 heavy (non-hydrogen) atoms. The summed E-state index contributed by atoms with van der Waals surface area (Å²) in [7, 11) is 1.54. The van der Waals surface area contributed by atoms with Crippen LogP contribution in [0.5, 0.6) is 11.5 Å². The molecule has 3 aromatic carbocycles. The average Bonchev–Trinajstić information content (AvgIpc) is 3.27. The van der Waals surface area contributed by atoms with Crippen molar-refractivity contribution in [1.29, 1.82) is 0 Å². The number of anilines is 4. The minimum atomic E-state index is -0.235. The van der Waals surface area contributed by atoms with E-state index in [1.54, 1.807) is 30.3 Å². The first-order valence-corrected chi connectivity index (χ1v) is 9.99. The summed E-state index contributed by atoms with van der Waals surface area (Å²) in [5.74, 6) is 1.95. The fourth-order valence-electron chi connectivity index (χ4n) is 3.11. The SMILES string of the molecule is COc1ccccc1C(=O)Nc1ccc(Nc2cc(NCc3ccc(O)cc3)n[nH]2)cc1. The number of phenolic OH excluding ortho intramolecular Hbond substituents is 1. The second-order valence-electron chi connectivity index (χ2n) is 7.04. The summed E-state index contributed by atoms with van der Waals surface area (Å²) >= 11 is 0. The summed E-state index contributed by atoms with van der Waals surface area (Å²) in [4.78, 5) is 12.5. The van der Waals surface area contributed by atoms with Crippen molar-refractivity contribution in [3.63, 3.8) is 0 Å². The number of aromatic amines is 1. The molecule has 0 aliphatic rings. The number of nitrogens with zero attached hydrogens (tertiary/aromatic N) is 1. The van der Waals surface area contributed by atoms with Gasteiger partial charge in [0, 0.05) is 24.0 Å². The Morgan fingerprint density at radius 1 is 1.00 bits per heavy atom. The zero-order chi connectivity index (χ0) is 22.3. The number of amides is 1. The van der Waals surface area contributed by atoms with Crippen molar-refractivity contribution in [2.24, 2.45) is 0 Å². The zero-order valence-electron chi connectivity index (χ0n) is 17.4. The fraction of sp³-hybridized carbons (Fsp3) is 0.0833. The number of H-pyrrole nitrogens is 1. The van der Waals surface area contributed by atoms with E-state index in [4.69, 9.17) is 4.74 Å². The number of hydrogen-bond donors (Lipinski definition) is 5. The molecule has 0 spiro atoms. The maximum Gasteiger partial charge on any atom is 0.259 e. The van der Waals surface area contributed by atoms with Gasteiger partial charge in [0.15, 0.2) is 0 Å². The smallest absolute Gasteiger partial charge is 0.259 e. The molecule has 1 aromatic heterocycles. The molecule has 0 saturated carbocycles. The summed E-state index contributed by atoms with van der Waals surface area (Å²) in [5.41, 5.74) is 3.02. The summed E-state index contributed by atoms with van der Waals surface area (Å²) in [6.45, 7) is 0.588. The van der Waals surface area contributed by atoms with Crippen molar-refractivity contribution < 1.29 is 14.6 Å². The van der Waals surface area contributed by atoms with Crippen molar-refractivity contribution in [3.8, 4) is 11.5 Å². The normalized spacial score (nSPS) is 10.4. The van der Waals surface area contributed by atoms with Crippen LogP contribution in [0, 0.1) is 0 Å². The number of benzene rings is 3. The molecule has 4 rings (SSSR count). The van der Waals surface area contributed by atoms with Crippen LogP contribution in [0.2, 0.25) is 0 Å². The Hall–Kier alpha value is -4.46. The average molecular weight is 429 g/mol. The number of ether oxygens (including phenoxy) is 1. The lowest BCUT2D eigenvalue weighted by molar-refractivity contribution is 0.102. The van der Waals surface area contributed by atoms with Gasteiger partial charge < -0.3 is 25.8 Å². The molecule has 0 saturated heterocycles. The molecule has 0 aliphatic carbocycles. The van der Waals surface area contributed by atoms with E-state index in [9.17, 15) is 9.90 Å². The van der Waals surface area contributed by atoms with E-state index >= 15 is 0 Å². The van der Waals surface area contributed by atoms with Crippen molar-refractivity contribution in [3.05, 3.63) is 90.0 Å². The number of carbonyl (C=O) groups excluding carboxylic acids is 1. The molecule has 8 nitrogen and oxygen atoms in total. The summed E-state index contributed by atoms with van der Waals surface area (Å²) in [5, 5.41) is 25.8. The number of rotatable bonds is 8. The van der Waals surface area contributed by atoms with E-state index in [1.165, 1.54) is 7.11 Å². The molecule has 0 fully saturated rings. The van der Waals surface area contributed by atoms with Crippen LogP contribution < -0.4 is 20.7 Å². The largest absolute Gasteiger partial charge is 0.508 e. The molecule has 0 aliphatic heterocycles. The number of hydrogen-bond acceptors (Lipinski definition) is 6. The molecular weight excluding hydrogens is 406 g/mol. The van der Waals surface area contributed by atoms with Crippen LogP contribution >= 0.6 is 0 Å². The lowest BCUT2D eigenvalue weighted by atomic mass is 10.2. The molecule has 0 radical (unpaired) electrons. The zero-order valence-corrected chi connectivity index (χ0v) is 17.4.